The molecule has 0 atom stereocenters. The predicted molar refractivity (Wildman–Crippen MR) is 82.9 cm³/mol. The predicted octanol–water partition coefficient (Wildman–Crippen LogP) is 5.26. The summed E-state index contributed by atoms with van der Waals surface area (Å²) in [6.45, 7) is 0. The molecule has 5 heteroatoms. The van der Waals surface area contributed by atoms with Gasteiger partial charge in [-0.05, 0) is 17.7 Å². The molecule has 2 nitrogen and oxygen atoms in total. The van der Waals surface area contributed by atoms with Crippen LogP contribution in [0.4, 0.5) is 4.39 Å². The quantitative estimate of drug-likeness (QED) is 0.602. The lowest BCUT2D eigenvalue weighted by molar-refractivity contribution is 0.628. The van der Waals surface area contributed by atoms with Crippen LogP contribution < -0.4 is 0 Å². The third kappa shape index (κ3) is 2.89. The van der Waals surface area contributed by atoms with Crippen molar-refractivity contribution < 1.29 is 4.39 Å². The molecule has 0 saturated carbocycles. The summed E-state index contributed by atoms with van der Waals surface area (Å²) in [6.07, 6.45) is 0. The molecule has 0 amide bonds. The monoisotopic (exact) mass is 318 g/mol. The second kappa shape index (κ2) is 5.80. The van der Waals surface area contributed by atoms with Crippen molar-refractivity contribution >= 4 is 23.2 Å². The van der Waals surface area contributed by atoms with E-state index in [4.69, 9.17) is 23.2 Å². The molecular weight excluding hydrogens is 310 g/mol. The molecule has 21 heavy (non-hydrogen) atoms. The first kappa shape index (κ1) is 14.0. The lowest BCUT2D eigenvalue weighted by Crippen LogP contribution is -1.94. The second-order valence-electron chi connectivity index (χ2n) is 4.38. The fraction of sp³-hybridized carbons (Fsp3) is 0. The third-order valence-electron chi connectivity index (χ3n) is 2.99. The topological polar surface area (TPSA) is 25.8 Å². The zero-order chi connectivity index (χ0) is 14.8. The van der Waals surface area contributed by atoms with E-state index in [2.05, 4.69) is 9.97 Å². The normalized spacial score (nSPS) is 10.6. The first-order chi connectivity index (χ1) is 10.1. The second-order valence-corrected chi connectivity index (χ2v) is 5.09. The summed E-state index contributed by atoms with van der Waals surface area (Å²) in [5, 5.41) is 0.473. The Morgan fingerprint density at radius 1 is 0.714 bits per heavy atom. The zero-order valence-electron chi connectivity index (χ0n) is 10.7. The van der Waals surface area contributed by atoms with E-state index in [1.54, 1.807) is 12.1 Å². The van der Waals surface area contributed by atoms with E-state index in [0.717, 1.165) is 5.56 Å². The summed E-state index contributed by atoms with van der Waals surface area (Å²) in [6, 6.07) is 15.3. The summed E-state index contributed by atoms with van der Waals surface area (Å²) < 4.78 is 13.0. The van der Waals surface area contributed by atoms with Gasteiger partial charge in [0.25, 0.3) is 0 Å². The van der Waals surface area contributed by atoms with Crippen molar-refractivity contribution in [2.45, 2.75) is 0 Å². The van der Waals surface area contributed by atoms with Crippen LogP contribution in [-0.4, -0.2) is 9.97 Å². The number of benzene rings is 2. The van der Waals surface area contributed by atoms with Gasteiger partial charge in [0, 0.05) is 5.56 Å². The van der Waals surface area contributed by atoms with Gasteiger partial charge in [0.15, 0.2) is 5.82 Å². The lowest BCUT2D eigenvalue weighted by Gasteiger charge is -2.08. The molecule has 1 aromatic heterocycles. The molecule has 3 aromatic rings. The van der Waals surface area contributed by atoms with E-state index < -0.39 is 0 Å². The number of hydrogen-bond donors (Lipinski definition) is 0. The summed E-state index contributed by atoms with van der Waals surface area (Å²) in [4.78, 5) is 8.56. The van der Waals surface area contributed by atoms with Crippen LogP contribution in [0.2, 0.25) is 10.3 Å². The molecule has 0 bridgehead atoms. The molecule has 0 spiro atoms. The van der Waals surface area contributed by atoms with Crippen molar-refractivity contribution in [3.63, 3.8) is 0 Å². The smallest absolute Gasteiger partial charge is 0.162 e. The largest absolute Gasteiger partial charge is 0.216 e. The maximum absolute atomic E-state index is 13.0. The standard InChI is InChI=1S/C16H9Cl2FN2/c17-14-13(10-6-8-12(19)9-7-10)15(18)21-16(20-14)11-4-2-1-3-5-11/h1-9H. The Bertz CT molecular complexity index is 751. The van der Waals surface area contributed by atoms with Crippen LogP contribution in [0.15, 0.2) is 54.6 Å². The zero-order valence-corrected chi connectivity index (χ0v) is 12.2. The fourth-order valence-electron chi connectivity index (χ4n) is 1.98. The van der Waals surface area contributed by atoms with Gasteiger partial charge in [-0.25, -0.2) is 14.4 Å². The first-order valence-corrected chi connectivity index (χ1v) is 6.95. The highest BCUT2D eigenvalue weighted by Crippen LogP contribution is 2.34. The number of aromatic nitrogens is 2. The van der Waals surface area contributed by atoms with Gasteiger partial charge in [-0.1, -0.05) is 65.7 Å². The fourth-order valence-corrected chi connectivity index (χ4v) is 2.58. The SMILES string of the molecule is Fc1ccc(-c2c(Cl)nc(-c3ccccc3)nc2Cl)cc1. The average molecular weight is 319 g/mol. The minimum atomic E-state index is -0.326. The Hall–Kier alpha value is -1.97. The maximum atomic E-state index is 13.0. The van der Waals surface area contributed by atoms with Crippen molar-refractivity contribution in [2.24, 2.45) is 0 Å². The Labute approximate surface area is 131 Å². The summed E-state index contributed by atoms with van der Waals surface area (Å²) in [7, 11) is 0. The van der Waals surface area contributed by atoms with Crippen molar-refractivity contribution in [3.8, 4) is 22.5 Å². The molecule has 0 fully saturated rings. The highest BCUT2D eigenvalue weighted by Gasteiger charge is 2.14. The van der Waals surface area contributed by atoms with Gasteiger partial charge in [-0.3, -0.25) is 0 Å². The van der Waals surface area contributed by atoms with Crippen LogP contribution in [0.25, 0.3) is 22.5 Å². The molecule has 0 radical (unpaired) electrons. The summed E-state index contributed by atoms with van der Waals surface area (Å²) in [5.74, 6) is 0.129. The van der Waals surface area contributed by atoms with Crippen molar-refractivity contribution in [1.29, 1.82) is 0 Å². The Balaban J connectivity index is 2.11. The van der Waals surface area contributed by atoms with Gasteiger partial charge in [-0.15, -0.1) is 0 Å². The molecular formula is C16H9Cl2FN2. The molecule has 1 heterocycles. The van der Waals surface area contributed by atoms with E-state index in [1.807, 2.05) is 30.3 Å². The summed E-state index contributed by atoms with van der Waals surface area (Å²) >= 11 is 12.5. The van der Waals surface area contributed by atoms with Crippen molar-refractivity contribution in [2.75, 3.05) is 0 Å². The molecule has 104 valence electrons. The molecule has 0 N–H and O–H groups in total. The number of halogens is 3. The van der Waals surface area contributed by atoms with Crippen LogP contribution in [-0.2, 0) is 0 Å². The van der Waals surface area contributed by atoms with E-state index in [-0.39, 0.29) is 16.1 Å². The summed E-state index contributed by atoms with van der Waals surface area (Å²) in [5.41, 5.74) is 2.00. The van der Waals surface area contributed by atoms with Crippen molar-refractivity contribution in [1.82, 2.24) is 9.97 Å². The van der Waals surface area contributed by atoms with Crippen LogP contribution in [0, 0.1) is 5.82 Å². The van der Waals surface area contributed by atoms with Gasteiger partial charge < -0.3 is 0 Å². The Kier molecular flexibility index (Phi) is 3.86. The molecule has 0 unspecified atom stereocenters. The molecule has 0 saturated heterocycles. The van der Waals surface area contributed by atoms with E-state index in [0.29, 0.717) is 17.0 Å². The Morgan fingerprint density at radius 3 is 1.86 bits per heavy atom. The minimum absolute atomic E-state index is 0.237. The van der Waals surface area contributed by atoms with Gasteiger partial charge in [-0.2, -0.15) is 0 Å². The first-order valence-electron chi connectivity index (χ1n) is 6.19. The van der Waals surface area contributed by atoms with Gasteiger partial charge >= 0.3 is 0 Å². The molecule has 3 rings (SSSR count). The number of hydrogen-bond acceptors (Lipinski definition) is 2. The third-order valence-corrected chi connectivity index (χ3v) is 3.53. The van der Waals surface area contributed by atoms with E-state index in [9.17, 15) is 4.39 Å². The van der Waals surface area contributed by atoms with E-state index >= 15 is 0 Å². The molecule has 0 aliphatic heterocycles. The van der Waals surface area contributed by atoms with Crippen LogP contribution in [0.5, 0.6) is 0 Å². The molecule has 0 aliphatic carbocycles. The van der Waals surface area contributed by atoms with Gasteiger partial charge in [0.05, 0.1) is 5.56 Å². The van der Waals surface area contributed by atoms with Gasteiger partial charge in [0.1, 0.15) is 16.1 Å². The highest BCUT2D eigenvalue weighted by molar-refractivity contribution is 6.37. The lowest BCUT2D eigenvalue weighted by atomic mass is 10.1. The van der Waals surface area contributed by atoms with Crippen LogP contribution >= 0.6 is 23.2 Å². The van der Waals surface area contributed by atoms with Gasteiger partial charge in [0.2, 0.25) is 0 Å². The minimum Gasteiger partial charge on any atom is -0.216 e. The van der Waals surface area contributed by atoms with Crippen LogP contribution in [0.3, 0.4) is 0 Å². The maximum Gasteiger partial charge on any atom is 0.162 e. The molecule has 0 aliphatic rings. The average Bonchev–Trinajstić information content (AvgIpc) is 2.49. The number of rotatable bonds is 2. The van der Waals surface area contributed by atoms with E-state index in [1.165, 1.54) is 12.1 Å². The Morgan fingerprint density at radius 2 is 1.29 bits per heavy atom. The molecule has 2 aromatic carbocycles. The van der Waals surface area contributed by atoms with Crippen LogP contribution in [0.1, 0.15) is 0 Å². The van der Waals surface area contributed by atoms with Crippen molar-refractivity contribution in [3.05, 3.63) is 70.7 Å². The highest BCUT2D eigenvalue weighted by atomic mass is 35.5. The number of nitrogens with zero attached hydrogens (tertiary/aromatic N) is 2.